The SMILES string of the molecule is COC(=O)NN=C(C)c1ccc(S(N)(=O)=O)cc1. The van der Waals surface area contributed by atoms with E-state index in [2.05, 4.69) is 15.3 Å². The lowest BCUT2D eigenvalue weighted by Gasteiger charge is -2.03. The highest BCUT2D eigenvalue weighted by Gasteiger charge is 2.07. The van der Waals surface area contributed by atoms with E-state index in [1.54, 1.807) is 6.92 Å². The fraction of sp³-hybridized carbons (Fsp3) is 0.200. The van der Waals surface area contributed by atoms with Gasteiger partial charge in [0.15, 0.2) is 0 Å². The second-order valence-electron chi connectivity index (χ2n) is 3.37. The van der Waals surface area contributed by atoms with Crippen LogP contribution < -0.4 is 10.6 Å². The molecule has 0 spiro atoms. The fourth-order valence-corrected chi connectivity index (χ4v) is 1.64. The second-order valence-corrected chi connectivity index (χ2v) is 4.93. The van der Waals surface area contributed by atoms with Gasteiger partial charge in [0.2, 0.25) is 10.0 Å². The van der Waals surface area contributed by atoms with Crippen molar-refractivity contribution in [1.29, 1.82) is 0 Å². The summed E-state index contributed by atoms with van der Waals surface area (Å²) in [6.07, 6.45) is -0.685. The summed E-state index contributed by atoms with van der Waals surface area (Å²) >= 11 is 0. The van der Waals surface area contributed by atoms with Gasteiger partial charge in [-0.25, -0.2) is 23.8 Å². The van der Waals surface area contributed by atoms with Gasteiger partial charge in [-0.05, 0) is 24.6 Å². The quantitative estimate of drug-likeness (QED) is 0.612. The number of sulfonamides is 1. The van der Waals surface area contributed by atoms with Crippen molar-refractivity contribution in [1.82, 2.24) is 5.43 Å². The number of carbonyl (C=O) groups excluding carboxylic acids is 1. The number of carbonyl (C=O) groups is 1. The highest BCUT2D eigenvalue weighted by Crippen LogP contribution is 2.09. The molecule has 1 rings (SSSR count). The zero-order valence-electron chi connectivity index (χ0n) is 9.88. The predicted octanol–water partition coefficient (Wildman–Crippen LogP) is 0.414. The Balaban J connectivity index is 2.89. The molecule has 0 radical (unpaired) electrons. The van der Waals surface area contributed by atoms with E-state index in [1.807, 2.05) is 0 Å². The van der Waals surface area contributed by atoms with E-state index in [9.17, 15) is 13.2 Å². The van der Waals surface area contributed by atoms with Gasteiger partial charge >= 0.3 is 6.09 Å². The summed E-state index contributed by atoms with van der Waals surface area (Å²) in [5.41, 5.74) is 3.31. The van der Waals surface area contributed by atoms with Crippen molar-refractivity contribution in [3.8, 4) is 0 Å². The van der Waals surface area contributed by atoms with Crippen LogP contribution in [0.3, 0.4) is 0 Å². The van der Waals surface area contributed by atoms with Gasteiger partial charge in [0, 0.05) is 0 Å². The Hall–Kier alpha value is -1.93. The topological polar surface area (TPSA) is 111 Å². The van der Waals surface area contributed by atoms with Gasteiger partial charge in [-0.15, -0.1) is 0 Å². The number of hydrogen-bond donors (Lipinski definition) is 2. The number of methoxy groups -OCH3 is 1. The van der Waals surface area contributed by atoms with E-state index in [-0.39, 0.29) is 4.90 Å². The maximum atomic E-state index is 11.0. The maximum Gasteiger partial charge on any atom is 0.427 e. The van der Waals surface area contributed by atoms with Crippen molar-refractivity contribution in [3.05, 3.63) is 29.8 Å². The Labute approximate surface area is 105 Å². The molecule has 8 heteroatoms. The average molecular weight is 271 g/mol. The minimum absolute atomic E-state index is 0.0139. The molecule has 0 unspecified atom stereocenters. The molecule has 18 heavy (non-hydrogen) atoms. The number of ether oxygens (including phenoxy) is 1. The van der Waals surface area contributed by atoms with E-state index in [0.29, 0.717) is 11.3 Å². The summed E-state index contributed by atoms with van der Waals surface area (Å²) in [7, 11) is -2.48. The molecule has 0 aliphatic rings. The van der Waals surface area contributed by atoms with Gasteiger partial charge in [-0.1, -0.05) is 12.1 Å². The van der Waals surface area contributed by atoms with Crippen molar-refractivity contribution in [2.75, 3.05) is 7.11 Å². The van der Waals surface area contributed by atoms with Gasteiger partial charge in [0.1, 0.15) is 0 Å². The first-order valence-electron chi connectivity index (χ1n) is 4.86. The average Bonchev–Trinajstić information content (AvgIpc) is 2.34. The summed E-state index contributed by atoms with van der Waals surface area (Å²) < 4.78 is 26.4. The lowest BCUT2D eigenvalue weighted by Crippen LogP contribution is -2.18. The molecule has 1 amide bonds. The lowest BCUT2D eigenvalue weighted by molar-refractivity contribution is 0.171. The Morgan fingerprint density at radius 1 is 1.33 bits per heavy atom. The third-order valence-corrected chi connectivity index (χ3v) is 3.03. The summed E-state index contributed by atoms with van der Waals surface area (Å²) in [5, 5.41) is 8.74. The first kappa shape index (κ1) is 14.1. The maximum absolute atomic E-state index is 11.0. The number of rotatable bonds is 3. The van der Waals surface area contributed by atoms with Crippen LogP contribution in [0.1, 0.15) is 12.5 Å². The molecular formula is C10H13N3O4S. The molecule has 0 bridgehead atoms. The van der Waals surface area contributed by atoms with Crippen LogP contribution in [-0.4, -0.2) is 27.3 Å². The zero-order chi connectivity index (χ0) is 13.8. The number of amides is 1. The molecule has 0 fully saturated rings. The van der Waals surface area contributed by atoms with E-state index in [0.717, 1.165) is 0 Å². The van der Waals surface area contributed by atoms with Crippen LogP contribution in [0, 0.1) is 0 Å². The highest BCUT2D eigenvalue weighted by atomic mass is 32.2. The summed E-state index contributed by atoms with van der Waals surface area (Å²) in [6, 6.07) is 5.80. The number of nitrogens with one attached hydrogen (secondary N) is 1. The van der Waals surface area contributed by atoms with E-state index in [4.69, 9.17) is 5.14 Å². The Kier molecular flexibility index (Phi) is 4.40. The molecule has 0 saturated carbocycles. The Morgan fingerprint density at radius 3 is 2.33 bits per heavy atom. The smallest absolute Gasteiger partial charge is 0.427 e. The summed E-state index contributed by atoms with van der Waals surface area (Å²) in [4.78, 5) is 10.8. The van der Waals surface area contributed by atoms with Crippen LogP contribution in [-0.2, 0) is 14.8 Å². The molecule has 0 atom stereocenters. The third kappa shape index (κ3) is 3.82. The number of hydrazone groups is 1. The van der Waals surface area contributed by atoms with Gasteiger partial charge in [-0.2, -0.15) is 5.10 Å². The van der Waals surface area contributed by atoms with Crippen LogP contribution in [0.25, 0.3) is 0 Å². The Bertz CT molecular complexity index is 563. The molecule has 3 N–H and O–H groups in total. The molecule has 0 heterocycles. The molecule has 0 saturated heterocycles. The molecule has 1 aromatic rings. The minimum atomic E-state index is -3.70. The van der Waals surface area contributed by atoms with E-state index in [1.165, 1.54) is 31.4 Å². The van der Waals surface area contributed by atoms with Crippen LogP contribution in [0.4, 0.5) is 4.79 Å². The van der Waals surface area contributed by atoms with Crippen molar-refractivity contribution >= 4 is 21.8 Å². The van der Waals surface area contributed by atoms with Crippen molar-refractivity contribution < 1.29 is 17.9 Å². The van der Waals surface area contributed by atoms with E-state index >= 15 is 0 Å². The van der Waals surface area contributed by atoms with Crippen LogP contribution in [0.5, 0.6) is 0 Å². The number of hydrogen-bond acceptors (Lipinski definition) is 5. The van der Waals surface area contributed by atoms with E-state index < -0.39 is 16.1 Å². The van der Waals surface area contributed by atoms with Gasteiger partial charge < -0.3 is 4.74 Å². The minimum Gasteiger partial charge on any atom is -0.452 e. The lowest BCUT2D eigenvalue weighted by atomic mass is 10.1. The first-order chi connectivity index (χ1) is 8.34. The van der Waals surface area contributed by atoms with Crippen LogP contribution in [0.15, 0.2) is 34.3 Å². The molecule has 0 aliphatic heterocycles. The fourth-order valence-electron chi connectivity index (χ4n) is 1.13. The van der Waals surface area contributed by atoms with Gasteiger partial charge in [-0.3, -0.25) is 0 Å². The zero-order valence-corrected chi connectivity index (χ0v) is 10.7. The number of benzene rings is 1. The van der Waals surface area contributed by atoms with Crippen molar-refractivity contribution in [3.63, 3.8) is 0 Å². The molecule has 1 aromatic carbocycles. The monoisotopic (exact) mass is 271 g/mol. The predicted molar refractivity (Wildman–Crippen MR) is 65.6 cm³/mol. The molecule has 98 valence electrons. The number of nitrogens with two attached hydrogens (primary N) is 1. The first-order valence-corrected chi connectivity index (χ1v) is 6.40. The number of primary sulfonamides is 1. The summed E-state index contributed by atoms with van der Waals surface area (Å²) in [5.74, 6) is 0. The molecule has 0 aromatic heterocycles. The molecule has 0 aliphatic carbocycles. The van der Waals surface area contributed by atoms with Gasteiger partial charge in [0.25, 0.3) is 0 Å². The van der Waals surface area contributed by atoms with Crippen LogP contribution >= 0.6 is 0 Å². The largest absolute Gasteiger partial charge is 0.452 e. The van der Waals surface area contributed by atoms with Gasteiger partial charge in [0.05, 0.1) is 17.7 Å². The number of nitrogens with zero attached hydrogens (tertiary/aromatic N) is 1. The summed E-state index contributed by atoms with van der Waals surface area (Å²) in [6.45, 7) is 1.65. The van der Waals surface area contributed by atoms with Crippen molar-refractivity contribution in [2.45, 2.75) is 11.8 Å². The molecular weight excluding hydrogens is 258 g/mol. The van der Waals surface area contributed by atoms with Crippen molar-refractivity contribution in [2.24, 2.45) is 10.2 Å². The Morgan fingerprint density at radius 2 is 1.89 bits per heavy atom. The normalized spacial score (nSPS) is 12.1. The molecule has 7 nitrogen and oxygen atoms in total. The third-order valence-electron chi connectivity index (χ3n) is 2.10. The highest BCUT2D eigenvalue weighted by molar-refractivity contribution is 7.89. The standard InChI is InChI=1S/C10H13N3O4S/c1-7(12-13-10(14)17-2)8-3-5-9(6-4-8)18(11,15)16/h3-6H,1-2H3,(H,13,14)(H2,11,15,16). The van der Waals surface area contributed by atoms with Crippen LogP contribution in [0.2, 0.25) is 0 Å². The second kappa shape index (κ2) is 5.61.